The lowest BCUT2D eigenvalue weighted by Crippen LogP contribution is -1.99. The summed E-state index contributed by atoms with van der Waals surface area (Å²) in [7, 11) is 1.56. The number of ether oxygens (including phenoxy) is 4. The lowest BCUT2D eigenvalue weighted by molar-refractivity contribution is 0.174. The zero-order chi connectivity index (χ0) is 13.9. The molecule has 0 atom stereocenters. The first-order chi connectivity index (χ1) is 9.74. The monoisotopic (exact) mass is 294 g/mol. The number of aromatic nitrogens is 2. The van der Waals surface area contributed by atoms with Crippen LogP contribution >= 0.6 is 11.6 Å². The summed E-state index contributed by atoms with van der Waals surface area (Å²) < 4.78 is 21.1. The predicted molar refractivity (Wildman–Crippen MR) is 70.4 cm³/mol. The molecule has 0 saturated heterocycles. The number of benzene rings is 1. The largest absolute Gasteiger partial charge is 0.454 e. The Morgan fingerprint density at radius 3 is 2.90 bits per heavy atom. The topological polar surface area (TPSA) is 62.7 Å². The van der Waals surface area contributed by atoms with E-state index in [1.54, 1.807) is 25.3 Å². The number of halogens is 1. The zero-order valence-corrected chi connectivity index (χ0v) is 11.4. The molecule has 0 amide bonds. The maximum atomic E-state index is 5.91. The zero-order valence-electron chi connectivity index (χ0n) is 10.6. The molecule has 2 heterocycles. The van der Waals surface area contributed by atoms with E-state index in [2.05, 4.69) is 9.97 Å². The molecule has 6 nitrogen and oxygen atoms in total. The van der Waals surface area contributed by atoms with E-state index in [1.807, 2.05) is 0 Å². The van der Waals surface area contributed by atoms with Gasteiger partial charge in [-0.25, -0.2) is 4.98 Å². The van der Waals surface area contributed by atoms with E-state index in [4.69, 9.17) is 30.5 Å². The van der Waals surface area contributed by atoms with Gasteiger partial charge in [-0.1, -0.05) is 11.6 Å². The van der Waals surface area contributed by atoms with Crippen molar-refractivity contribution < 1.29 is 18.9 Å². The van der Waals surface area contributed by atoms with Crippen molar-refractivity contribution in [3.63, 3.8) is 0 Å². The Bertz CT molecular complexity index is 636. The second-order valence-corrected chi connectivity index (χ2v) is 4.38. The molecule has 2 aromatic rings. The Morgan fingerprint density at radius 2 is 2.05 bits per heavy atom. The van der Waals surface area contributed by atoms with Crippen molar-refractivity contribution >= 4 is 11.6 Å². The number of rotatable bonds is 4. The second kappa shape index (κ2) is 5.52. The fourth-order valence-corrected chi connectivity index (χ4v) is 1.94. The van der Waals surface area contributed by atoms with Gasteiger partial charge in [0.2, 0.25) is 12.7 Å². The summed E-state index contributed by atoms with van der Waals surface area (Å²) in [6.07, 6.45) is 0. The van der Waals surface area contributed by atoms with Gasteiger partial charge in [-0.15, -0.1) is 0 Å². The molecular formula is C13H11ClN2O4. The molecule has 0 fully saturated rings. The third-order valence-electron chi connectivity index (χ3n) is 2.56. The van der Waals surface area contributed by atoms with Crippen molar-refractivity contribution in [3.05, 3.63) is 35.2 Å². The van der Waals surface area contributed by atoms with Crippen LogP contribution in [0.2, 0.25) is 5.15 Å². The molecule has 0 aliphatic carbocycles. The van der Waals surface area contributed by atoms with Gasteiger partial charge in [0.25, 0.3) is 0 Å². The summed E-state index contributed by atoms with van der Waals surface area (Å²) in [5.41, 5.74) is 0. The molecule has 0 bridgehead atoms. The van der Waals surface area contributed by atoms with E-state index in [9.17, 15) is 0 Å². The van der Waals surface area contributed by atoms with Crippen LogP contribution in [0.3, 0.4) is 0 Å². The molecule has 1 aliphatic rings. The highest BCUT2D eigenvalue weighted by molar-refractivity contribution is 6.29. The van der Waals surface area contributed by atoms with Gasteiger partial charge in [-0.05, 0) is 12.1 Å². The average Bonchev–Trinajstić information content (AvgIpc) is 2.85. The molecule has 0 unspecified atom stereocenters. The lowest BCUT2D eigenvalue weighted by Gasteiger charge is -2.07. The minimum atomic E-state index is 0.218. The lowest BCUT2D eigenvalue weighted by atomic mass is 10.3. The molecule has 7 heteroatoms. The normalized spacial score (nSPS) is 12.5. The van der Waals surface area contributed by atoms with Crippen molar-refractivity contribution in [2.75, 3.05) is 13.9 Å². The van der Waals surface area contributed by atoms with Gasteiger partial charge in [-0.2, -0.15) is 4.98 Å². The van der Waals surface area contributed by atoms with Gasteiger partial charge >= 0.3 is 0 Å². The van der Waals surface area contributed by atoms with Crippen molar-refractivity contribution in [1.82, 2.24) is 9.97 Å². The molecule has 20 heavy (non-hydrogen) atoms. The molecule has 1 aromatic carbocycles. The number of hydrogen-bond donors (Lipinski definition) is 0. The summed E-state index contributed by atoms with van der Waals surface area (Å²) >= 11 is 5.91. The van der Waals surface area contributed by atoms with E-state index in [-0.39, 0.29) is 13.4 Å². The number of nitrogens with zero attached hydrogens (tertiary/aromatic N) is 2. The van der Waals surface area contributed by atoms with Gasteiger partial charge in [0.05, 0.1) is 0 Å². The molecule has 104 valence electrons. The van der Waals surface area contributed by atoms with Crippen LogP contribution < -0.4 is 14.2 Å². The molecule has 0 N–H and O–H groups in total. The Balaban J connectivity index is 1.83. The fourth-order valence-electron chi connectivity index (χ4n) is 1.75. The van der Waals surface area contributed by atoms with Crippen LogP contribution in [-0.2, 0) is 11.3 Å². The summed E-state index contributed by atoms with van der Waals surface area (Å²) in [6.45, 7) is 0.480. The number of methoxy groups -OCH3 is 1. The van der Waals surface area contributed by atoms with Crippen molar-refractivity contribution in [2.24, 2.45) is 0 Å². The molecule has 0 radical (unpaired) electrons. The van der Waals surface area contributed by atoms with Crippen molar-refractivity contribution in [3.8, 4) is 23.1 Å². The van der Waals surface area contributed by atoms with E-state index >= 15 is 0 Å². The minimum Gasteiger partial charge on any atom is -0.454 e. The Hall–Kier alpha value is -2.05. The van der Waals surface area contributed by atoms with Gasteiger partial charge in [-0.3, -0.25) is 0 Å². The Labute approximate surface area is 120 Å². The van der Waals surface area contributed by atoms with E-state index in [1.165, 1.54) is 6.07 Å². The molecule has 1 aliphatic heterocycles. The maximum Gasteiger partial charge on any atom is 0.231 e. The van der Waals surface area contributed by atoms with Gasteiger partial charge in [0.15, 0.2) is 17.3 Å². The van der Waals surface area contributed by atoms with Crippen LogP contribution in [0, 0.1) is 0 Å². The van der Waals surface area contributed by atoms with Crippen LogP contribution in [0.15, 0.2) is 24.3 Å². The average molecular weight is 295 g/mol. The minimum absolute atomic E-state index is 0.218. The SMILES string of the molecule is COCc1nc(Cl)cc(Oc2ccc3c(c2)OCO3)n1. The third kappa shape index (κ3) is 2.76. The first kappa shape index (κ1) is 13.0. The number of fused-ring (bicyclic) bond motifs is 1. The second-order valence-electron chi connectivity index (χ2n) is 4.00. The van der Waals surface area contributed by atoms with Crippen LogP contribution in [0.1, 0.15) is 5.82 Å². The van der Waals surface area contributed by atoms with Crippen LogP contribution in [0.4, 0.5) is 0 Å². The molecule has 0 saturated carbocycles. The fraction of sp³-hybridized carbons (Fsp3) is 0.231. The first-order valence-corrected chi connectivity index (χ1v) is 6.22. The highest BCUT2D eigenvalue weighted by Gasteiger charge is 2.14. The Kier molecular flexibility index (Phi) is 3.58. The molecule has 3 rings (SSSR count). The standard InChI is InChI=1S/C13H11ClN2O4/c1-17-6-12-15-11(14)5-13(16-12)20-8-2-3-9-10(4-8)19-7-18-9/h2-5H,6-7H2,1H3. The van der Waals surface area contributed by atoms with Crippen molar-refractivity contribution in [1.29, 1.82) is 0 Å². The molecule has 0 spiro atoms. The van der Waals surface area contributed by atoms with Crippen LogP contribution in [-0.4, -0.2) is 23.9 Å². The van der Waals surface area contributed by atoms with Crippen LogP contribution in [0.5, 0.6) is 23.1 Å². The van der Waals surface area contributed by atoms with E-state index in [0.717, 1.165) is 0 Å². The molecular weight excluding hydrogens is 284 g/mol. The number of hydrogen-bond acceptors (Lipinski definition) is 6. The summed E-state index contributed by atoms with van der Waals surface area (Å²) in [4.78, 5) is 8.22. The van der Waals surface area contributed by atoms with Gasteiger partial charge in [0.1, 0.15) is 17.5 Å². The maximum absolute atomic E-state index is 5.91. The van der Waals surface area contributed by atoms with Crippen molar-refractivity contribution in [2.45, 2.75) is 6.61 Å². The Morgan fingerprint density at radius 1 is 1.20 bits per heavy atom. The first-order valence-electron chi connectivity index (χ1n) is 5.84. The highest BCUT2D eigenvalue weighted by atomic mass is 35.5. The van der Waals surface area contributed by atoms with Crippen LogP contribution in [0.25, 0.3) is 0 Å². The van der Waals surface area contributed by atoms with Gasteiger partial charge in [0, 0.05) is 19.2 Å². The summed E-state index contributed by atoms with van der Waals surface area (Å²) in [5, 5.41) is 0.294. The van der Waals surface area contributed by atoms with E-state index in [0.29, 0.717) is 34.1 Å². The summed E-state index contributed by atoms with van der Waals surface area (Å²) in [6, 6.07) is 6.80. The quantitative estimate of drug-likeness (QED) is 0.808. The highest BCUT2D eigenvalue weighted by Crippen LogP contribution is 2.36. The predicted octanol–water partition coefficient (Wildman–Crippen LogP) is 2.80. The molecule has 1 aromatic heterocycles. The smallest absolute Gasteiger partial charge is 0.231 e. The van der Waals surface area contributed by atoms with E-state index < -0.39 is 0 Å². The third-order valence-corrected chi connectivity index (χ3v) is 2.75. The summed E-state index contributed by atoms with van der Waals surface area (Å²) in [5.74, 6) is 2.71. The van der Waals surface area contributed by atoms with Gasteiger partial charge < -0.3 is 18.9 Å².